The number of aliphatic hydroxyl groups excluding tert-OH is 1. The van der Waals surface area contributed by atoms with Gasteiger partial charge in [0.2, 0.25) is 5.91 Å². The van der Waals surface area contributed by atoms with Crippen molar-refractivity contribution in [2.24, 2.45) is 0 Å². The maximum absolute atomic E-state index is 12.3. The Labute approximate surface area is 105 Å². The molecule has 0 aromatic heterocycles. The Kier molecular flexibility index (Phi) is 2.25. The smallest absolute Gasteiger partial charge is 0.233 e. The van der Waals surface area contributed by atoms with Crippen LogP contribution < -0.4 is 0 Å². The van der Waals surface area contributed by atoms with Crippen molar-refractivity contribution in [2.45, 2.75) is 30.9 Å². The Morgan fingerprint density at radius 2 is 2.18 bits per heavy atom. The van der Waals surface area contributed by atoms with Gasteiger partial charge in [-0.05, 0) is 36.1 Å². The van der Waals surface area contributed by atoms with Gasteiger partial charge in [0.25, 0.3) is 0 Å². The average molecular weight is 252 g/mol. The molecule has 0 bridgehead atoms. The molecular formula is C13H14ClNO2. The zero-order valence-electron chi connectivity index (χ0n) is 9.61. The summed E-state index contributed by atoms with van der Waals surface area (Å²) in [6.07, 6.45) is 0.671. The molecule has 1 aliphatic heterocycles. The van der Waals surface area contributed by atoms with Crippen molar-refractivity contribution in [3.63, 3.8) is 0 Å². The summed E-state index contributed by atoms with van der Waals surface area (Å²) in [5, 5.41) is 10.2. The van der Waals surface area contributed by atoms with E-state index in [1.54, 1.807) is 4.90 Å². The van der Waals surface area contributed by atoms with Crippen molar-refractivity contribution < 1.29 is 9.90 Å². The highest BCUT2D eigenvalue weighted by atomic mass is 35.5. The normalized spacial score (nSPS) is 31.4. The predicted molar refractivity (Wildman–Crippen MR) is 64.8 cm³/mol. The Bertz CT molecular complexity index is 494. The summed E-state index contributed by atoms with van der Waals surface area (Å²) in [4.78, 5) is 14.1. The number of hydrogen-bond acceptors (Lipinski definition) is 2. The van der Waals surface area contributed by atoms with Crippen LogP contribution in [-0.4, -0.2) is 29.1 Å². The van der Waals surface area contributed by atoms with E-state index in [1.165, 1.54) is 0 Å². The molecule has 4 heteroatoms. The van der Waals surface area contributed by atoms with Gasteiger partial charge in [0.15, 0.2) is 0 Å². The first-order valence-electron chi connectivity index (χ1n) is 5.75. The van der Waals surface area contributed by atoms with Crippen molar-refractivity contribution in [3.05, 3.63) is 34.3 Å². The van der Waals surface area contributed by atoms with E-state index >= 15 is 0 Å². The quantitative estimate of drug-likeness (QED) is 0.763. The molecule has 17 heavy (non-hydrogen) atoms. The maximum atomic E-state index is 12.3. The van der Waals surface area contributed by atoms with Crippen LogP contribution in [-0.2, 0) is 16.8 Å². The molecule has 1 saturated carbocycles. The summed E-state index contributed by atoms with van der Waals surface area (Å²) in [5.74, 6) is 0.109. The summed E-state index contributed by atoms with van der Waals surface area (Å²) in [7, 11) is 1.81. The SMILES string of the molecule is CN1Cc2ccc(Cl)cc2C2(CC(O)C2)C1=O. The molecule has 0 radical (unpaired) electrons. The van der Waals surface area contributed by atoms with E-state index < -0.39 is 5.41 Å². The second kappa shape index (κ2) is 3.47. The molecule has 2 aliphatic rings. The molecule has 1 N–H and O–H groups in total. The summed E-state index contributed by atoms with van der Waals surface area (Å²) in [6, 6.07) is 5.72. The molecule has 1 aliphatic carbocycles. The molecule has 0 unspecified atom stereocenters. The van der Waals surface area contributed by atoms with Gasteiger partial charge in [0.1, 0.15) is 0 Å². The van der Waals surface area contributed by atoms with Crippen LogP contribution in [0.4, 0.5) is 0 Å². The van der Waals surface area contributed by atoms with Crippen molar-refractivity contribution in [2.75, 3.05) is 7.05 Å². The number of hydrogen-bond donors (Lipinski definition) is 1. The van der Waals surface area contributed by atoms with Gasteiger partial charge >= 0.3 is 0 Å². The van der Waals surface area contributed by atoms with Gasteiger partial charge in [0.05, 0.1) is 11.5 Å². The fourth-order valence-electron chi connectivity index (χ4n) is 3.08. The largest absolute Gasteiger partial charge is 0.393 e. The molecule has 0 atom stereocenters. The molecule has 0 saturated heterocycles. The summed E-state index contributed by atoms with van der Waals surface area (Å²) in [5.41, 5.74) is 1.63. The second-order valence-electron chi connectivity index (χ2n) is 5.11. The molecule has 1 aromatic rings. The molecule has 3 rings (SSSR count). The van der Waals surface area contributed by atoms with Gasteiger partial charge in [0, 0.05) is 18.6 Å². The lowest BCUT2D eigenvalue weighted by atomic mass is 9.59. The number of aliphatic hydroxyl groups is 1. The van der Waals surface area contributed by atoms with Crippen LogP contribution in [0.3, 0.4) is 0 Å². The first-order chi connectivity index (χ1) is 8.03. The third-order valence-electron chi connectivity index (χ3n) is 3.92. The number of halogens is 1. The molecule has 1 heterocycles. The van der Waals surface area contributed by atoms with E-state index in [0.717, 1.165) is 11.1 Å². The minimum atomic E-state index is -0.521. The summed E-state index contributed by atoms with van der Waals surface area (Å²) < 4.78 is 0. The highest BCUT2D eigenvalue weighted by Crippen LogP contribution is 2.49. The Balaban J connectivity index is 2.15. The number of likely N-dealkylation sites (N-methyl/N-ethyl adjacent to an activating group) is 1. The zero-order chi connectivity index (χ0) is 12.2. The number of amides is 1. The van der Waals surface area contributed by atoms with Crippen LogP contribution in [0, 0.1) is 0 Å². The van der Waals surface area contributed by atoms with Crippen LogP contribution in [0.2, 0.25) is 5.02 Å². The number of benzene rings is 1. The van der Waals surface area contributed by atoms with Crippen molar-refractivity contribution in [1.82, 2.24) is 4.90 Å². The Hall–Kier alpha value is -1.06. The predicted octanol–water partition coefficient (Wildman–Crippen LogP) is 1.70. The first kappa shape index (κ1) is 11.1. The highest BCUT2D eigenvalue weighted by molar-refractivity contribution is 6.30. The van der Waals surface area contributed by atoms with Gasteiger partial charge in [-0.1, -0.05) is 17.7 Å². The molecule has 3 nitrogen and oxygen atoms in total. The molecule has 1 spiro atoms. The van der Waals surface area contributed by atoms with E-state index in [4.69, 9.17) is 11.6 Å². The average Bonchev–Trinajstić information content (AvgIpc) is 2.24. The lowest BCUT2D eigenvalue weighted by molar-refractivity contribution is -0.147. The fraction of sp³-hybridized carbons (Fsp3) is 0.462. The number of nitrogens with zero attached hydrogens (tertiary/aromatic N) is 1. The van der Waals surface area contributed by atoms with Crippen LogP contribution in [0.1, 0.15) is 24.0 Å². The van der Waals surface area contributed by atoms with E-state index in [2.05, 4.69) is 0 Å². The van der Waals surface area contributed by atoms with Crippen molar-refractivity contribution in [3.8, 4) is 0 Å². The van der Waals surface area contributed by atoms with E-state index in [-0.39, 0.29) is 12.0 Å². The van der Waals surface area contributed by atoms with E-state index in [9.17, 15) is 9.90 Å². The van der Waals surface area contributed by atoms with E-state index in [0.29, 0.717) is 24.4 Å². The van der Waals surface area contributed by atoms with Crippen molar-refractivity contribution >= 4 is 17.5 Å². The van der Waals surface area contributed by atoms with Crippen LogP contribution in [0.5, 0.6) is 0 Å². The summed E-state index contributed by atoms with van der Waals surface area (Å²) >= 11 is 6.02. The molecular weight excluding hydrogens is 238 g/mol. The number of rotatable bonds is 0. The number of carbonyl (C=O) groups excluding carboxylic acids is 1. The molecule has 1 amide bonds. The van der Waals surface area contributed by atoms with Gasteiger partial charge in [-0.15, -0.1) is 0 Å². The molecule has 1 aromatic carbocycles. The van der Waals surface area contributed by atoms with E-state index in [1.807, 2.05) is 25.2 Å². The maximum Gasteiger partial charge on any atom is 0.233 e. The zero-order valence-corrected chi connectivity index (χ0v) is 10.4. The van der Waals surface area contributed by atoms with Gasteiger partial charge in [-0.2, -0.15) is 0 Å². The second-order valence-corrected chi connectivity index (χ2v) is 5.54. The number of carbonyl (C=O) groups is 1. The number of fused-ring (bicyclic) bond motifs is 2. The lowest BCUT2D eigenvalue weighted by Crippen LogP contribution is -2.58. The van der Waals surface area contributed by atoms with Gasteiger partial charge in [-0.3, -0.25) is 4.79 Å². The lowest BCUT2D eigenvalue weighted by Gasteiger charge is -2.50. The fourth-order valence-corrected chi connectivity index (χ4v) is 3.25. The minimum Gasteiger partial charge on any atom is -0.393 e. The van der Waals surface area contributed by atoms with Gasteiger partial charge < -0.3 is 10.0 Å². The molecule has 90 valence electrons. The Morgan fingerprint density at radius 1 is 1.47 bits per heavy atom. The van der Waals surface area contributed by atoms with Crippen LogP contribution in [0.25, 0.3) is 0 Å². The third kappa shape index (κ3) is 1.42. The van der Waals surface area contributed by atoms with Crippen LogP contribution >= 0.6 is 11.6 Å². The first-order valence-corrected chi connectivity index (χ1v) is 6.13. The monoisotopic (exact) mass is 251 g/mol. The van der Waals surface area contributed by atoms with Gasteiger partial charge in [-0.25, -0.2) is 0 Å². The third-order valence-corrected chi connectivity index (χ3v) is 4.15. The van der Waals surface area contributed by atoms with Crippen molar-refractivity contribution in [1.29, 1.82) is 0 Å². The highest BCUT2D eigenvalue weighted by Gasteiger charge is 2.54. The summed E-state index contributed by atoms with van der Waals surface area (Å²) in [6.45, 7) is 0.628. The van der Waals surface area contributed by atoms with Crippen LogP contribution in [0.15, 0.2) is 18.2 Å². The molecule has 1 fully saturated rings. The topological polar surface area (TPSA) is 40.5 Å². The minimum absolute atomic E-state index is 0.109. The standard InChI is InChI=1S/C13H14ClNO2/c1-15-7-8-2-3-9(14)4-11(8)13(12(15)17)5-10(16)6-13/h2-4,10,16H,5-7H2,1H3. The Morgan fingerprint density at radius 3 is 2.82 bits per heavy atom.